The lowest BCUT2D eigenvalue weighted by Gasteiger charge is -2.50. The van der Waals surface area contributed by atoms with Gasteiger partial charge in [-0.1, -0.05) is 13.8 Å². The summed E-state index contributed by atoms with van der Waals surface area (Å²) in [4.78, 5) is 15.8. The van der Waals surface area contributed by atoms with E-state index in [-0.39, 0.29) is 0 Å². The Morgan fingerprint density at radius 1 is 1.14 bits per heavy atom. The Morgan fingerprint density at radius 2 is 1.71 bits per heavy atom. The average molecular weight is 196 g/mol. The van der Waals surface area contributed by atoms with Crippen molar-refractivity contribution in [3.05, 3.63) is 0 Å². The standard InChI is InChI=1S/C11H20N2O/c1-3-11(14)13-7-10(8-13)9-5-12(4-2)6-9/h9-10H,3-8H2,1-2H3. The summed E-state index contributed by atoms with van der Waals surface area (Å²) >= 11 is 0. The number of hydrogen-bond acceptors (Lipinski definition) is 2. The van der Waals surface area contributed by atoms with Gasteiger partial charge in [0.05, 0.1) is 0 Å². The molecule has 2 aliphatic rings. The Hall–Kier alpha value is -0.570. The van der Waals surface area contributed by atoms with E-state index in [1.807, 2.05) is 11.8 Å². The molecule has 80 valence electrons. The molecule has 0 bridgehead atoms. The van der Waals surface area contributed by atoms with Gasteiger partial charge < -0.3 is 9.80 Å². The molecule has 3 nitrogen and oxygen atoms in total. The minimum absolute atomic E-state index is 0.327. The number of rotatable bonds is 3. The van der Waals surface area contributed by atoms with Crippen LogP contribution in [0.25, 0.3) is 0 Å². The first-order valence-electron chi connectivity index (χ1n) is 5.74. The van der Waals surface area contributed by atoms with Crippen molar-refractivity contribution in [3.8, 4) is 0 Å². The predicted octanol–water partition coefficient (Wildman–Crippen LogP) is 0.806. The van der Waals surface area contributed by atoms with Gasteiger partial charge in [-0.2, -0.15) is 0 Å². The molecule has 0 aromatic rings. The zero-order valence-corrected chi connectivity index (χ0v) is 9.20. The molecule has 0 spiro atoms. The molecular weight excluding hydrogens is 176 g/mol. The normalized spacial score (nSPS) is 24.6. The second kappa shape index (κ2) is 3.89. The lowest BCUT2D eigenvalue weighted by Crippen LogP contribution is -2.60. The Balaban J connectivity index is 1.67. The maximum atomic E-state index is 11.3. The summed E-state index contributed by atoms with van der Waals surface area (Å²) in [5.41, 5.74) is 0. The van der Waals surface area contributed by atoms with Gasteiger partial charge in [0.15, 0.2) is 0 Å². The molecule has 0 aliphatic carbocycles. The number of carbonyl (C=O) groups is 1. The third-order valence-corrected chi connectivity index (χ3v) is 3.66. The molecule has 2 fully saturated rings. The summed E-state index contributed by atoms with van der Waals surface area (Å²) in [7, 11) is 0. The Kier molecular flexibility index (Phi) is 2.77. The molecule has 0 unspecified atom stereocenters. The highest BCUT2D eigenvalue weighted by Gasteiger charge is 2.40. The summed E-state index contributed by atoms with van der Waals surface area (Å²) in [5, 5.41) is 0. The van der Waals surface area contributed by atoms with Gasteiger partial charge in [-0.3, -0.25) is 4.79 Å². The van der Waals surface area contributed by atoms with Crippen LogP contribution in [0.2, 0.25) is 0 Å². The second-order valence-electron chi connectivity index (χ2n) is 4.52. The predicted molar refractivity (Wildman–Crippen MR) is 56.0 cm³/mol. The molecule has 0 aromatic carbocycles. The number of amides is 1. The molecule has 2 rings (SSSR count). The summed E-state index contributed by atoms with van der Waals surface area (Å²) in [6.07, 6.45) is 0.665. The van der Waals surface area contributed by atoms with Crippen LogP contribution in [0.3, 0.4) is 0 Å². The molecule has 2 aliphatic heterocycles. The summed E-state index contributed by atoms with van der Waals surface area (Å²) in [5.74, 6) is 2.00. The van der Waals surface area contributed by atoms with Gasteiger partial charge in [-0.15, -0.1) is 0 Å². The number of nitrogens with zero attached hydrogens (tertiary/aromatic N) is 2. The molecule has 0 aromatic heterocycles. The van der Waals surface area contributed by atoms with E-state index >= 15 is 0 Å². The SMILES string of the molecule is CCC(=O)N1CC(C2CN(CC)C2)C1. The quantitative estimate of drug-likeness (QED) is 0.667. The van der Waals surface area contributed by atoms with E-state index in [1.54, 1.807) is 0 Å². The lowest BCUT2D eigenvalue weighted by molar-refractivity contribution is -0.140. The third kappa shape index (κ3) is 1.65. The fraction of sp³-hybridized carbons (Fsp3) is 0.909. The largest absolute Gasteiger partial charge is 0.342 e. The van der Waals surface area contributed by atoms with Gasteiger partial charge in [0.2, 0.25) is 5.91 Å². The zero-order chi connectivity index (χ0) is 10.1. The first-order chi connectivity index (χ1) is 6.74. The Bertz CT molecular complexity index is 217. The molecule has 0 saturated carbocycles. The fourth-order valence-electron chi connectivity index (χ4n) is 2.40. The lowest BCUT2D eigenvalue weighted by atomic mass is 9.80. The summed E-state index contributed by atoms with van der Waals surface area (Å²) < 4.78 is 0. The molecule has 0 atom stereocenters. The van der Waals surface area contributed by atoms with Crippen LogP contribution in [0, 0.1) is 11.8 Å². The Labute approximate surface area is 86.1 Å². The van der Waals surface area contributed by atoms with Crippen LogP contribution in [-0.2, 0) is 4.79 Å². The highest BCUT2D eigenvalue weighted by molar-refractivity contribution is 5.76. The first kappa shape index (κ1) is 9.97. The fourth-order valence-corrected chi connectivity index (χ4v) is 2.40. The van der Waals surface area contributed by atoms with Crippen LogP contribution in [0.5, 0.6) is 0 Å². The zero-order valence-electron chi connectivity index (χ0n) is 9.20. The monoisotopic (exact) mass is 196 g/mol. The van der Waals surface area contributed by atoms with Crippen molar-refractivity contribution in [1.29, 1.82) is 0 Å². The molecular formula is C11H20N2O. The van der Waals surface area contributed by atoms with E-state index in [4.69, 9.17) is 0 Å². The van der Waals surface area contributed by atoms with E-state index in [0.717, 1.165) is 24.9 Å². The van der Waals surface area contributed by atoms with E-state index in [2.05, 4.69) is 11.8 Å². The van der Waals surface area contributed by atoms with Gasteiger partial charge in [0, 0.05) is 32.6 Å². The smallest absolute Gasteiger partial charge is 0.222 e. The molecule has 0 radical (unpaired) electrons. The molecule has 0 N–H and O–H groups in total. The average Bonchev–Trinajstić information content (AvgIpc) is 2.05. The summed E-state index contributed by atoms with van der Waals surface area (Å²) in [6.45, 7) is 9.90. The molecule has 2 saturated heterocycles. The van der Waals surface area contributed by atoms with Crippen LogP contribution >= 0.6 is 0 Å². The van der Waals surface area contributed by atoms with E-state index in [9.17, 15) is 4.79 Å². The third-order valence-electron chi connectivity index (χ3n) is 3.66. The van der Waals surface area contributed by atoms with Crippen LogP contribution in [0.1, 0.15) is 20.3 Å². The van der Waals surface area contributed by atoms with Crippen molar-refractivity contribution >= 4 is 5.91 Å². The van der Waals surface area contributed by atoms with E-state index in [1.165, 1.54) is 19.6 Å². The number of likely N-dealkylation sites (tertiary alicyclic amines) is 2. The van der Waals surface area contributed by atoms with Gasteiger partial charge in [-0.05, 0) is 18.4 Å². The van der Waals surface area contributed by atoms with Crippen molar-refractivity contribution in [2.24, 2.45) is 11.8 Å². The highest BCUT2D eigenvalue weighted by Crippen LogP contribution is 2.30. The molecule has 14 heavy (non-hydrogen) atoms. The van der Waals surface area contributed by atoms with Crippen LogP contribution in [0.15, 0.2) is 0 Å². The maximum Gasteiger partial charge on any atom is 0.222 e. The second-order valence-corrected chi connectivity index (χ2v) is 4.52. The van der Waals surface area contributed by atoms with Gasteiger partial charge >= 0.3 is 0 Å². The van der Waals surface area contributed by atoms with E-state index < -0.39 is 0 Å². The number of carbonyl (C=O) groups excluding carboxylic acids is 1. The van der Waals surface area contributed by atoms with Gasteiger partial charge in [0.1, 0.15) is 0 Å². The Morgan fingerprint density at radius 3 is 2.21 bits per heavy atom. The highest BCUT2D eigenvalue weighted by atomic mass is 16.2. The van der Waals surface area contributed by atoms with Crippen LogP contribution in [0.4, 0.5) is 0 Å². The summed E-state index contributed by atoms with van der Waals surface area (Å²) in [6, 6.07) is 0. The van der Waals surface area contributed by atoms with Crippen molar-refractivity contribution in [2.45, 2.75) is 20.3 Å². The van der Waals surface area contributed by atoms with Gasteiger partial charge in [-0.25, -0.2) is 0 Å². The minimum Gasteiger partial charge on any atom is -0.342 e. The van der Waals surface area contributed by atoms with Crippen molar-refractivity contribution in [3.63, 3.8) is 0 Å². The van der Waals surface area contributed by atoms with E-state index in [0.29, 0.717) is 12.3 Å². The van der Waals surface area contributed by atoms with Crippen molar-refractivity contribution in [1.82, 2.24) is 9.80 Å². The molecule has 3 heteroatoms. The minimum atomic E-state index is 0.327. The van der Waals surface area contributed by atoms with Crippen LogP contribution in [-0.4, -0.2) is 48.4 Å². The topological polar surface area (TPSA) is 23.6 Å². The molecule has 2 heterocycles. The van der Waals surface area contributed by atoms with Gasteiger partial charge in [0.25, 0.3) is 0 Å². The molecule has 1 amide bonds. The first-order valence-corrected chi connectivity index (χ1v) is 5.74. The van der Waals surface area contributed by atoms with Crippen LogP contribution < -0.4 is 0 Å². The van der Waals surface area contributed by atoms with Crippen molar-refractivity contribution < 1.29 is 4.79 Å². The number of hydrogen-bond donors (Lipinski definition) is 0. The maximum absolute atomic E-state index is 11.3. The van der Waals surface area contributed by atoms with Crippen molar-refractivity contribution in [2.75, 3.05) is 32.7 Å².